The predicted molar refractivity (Wildman–Crippen MR) is 40.9 cm³/mol. The minimum atomic E-state index is 0.0641. The standard InChI is InChI=1S/C5H7N3S/c6-3-1-2-4-9-5(7)8/h3,6H,4H2,(H3,7,8). The van der Waals surface area contributed by atoms with Gasteiger partial charge in [-0.25, -0.2) is 0 Å². The van der Waals surface area contributed by atoms with Crippen LogP contribution in [0.25, 0.3) is 0 Å². The molecule has 0 unspecified atom stereocenters. The fourth-order valence-corrected chi connectivity index (χ4v) is 0.518. The molecule has 0 saturated carbocycles. The molecule has 0 fully saturated rings. The molecular weight excluding hydrogens is 134 g/mol. The van der Waals surface area contributed by atoms with Crippen LogP contribution in [0, 0.1) is 22.7 Å². The Morgan fingerprint density at radius 1 is 1.78 bits per heavy atom. The van der Waals surface area contributed by atoms with E-state index in [1.54, 1.807) is 0 Å². The highest BCUT2D eigenvalue weighted by molar-refractivity contribution is 8.13. The van der Waals surface area contributed by atoms with Crippen LogP contribution < -0.4 is 5.73 Å². The van der Waals surface area contributed by atoms with E-state index in [0.717, 1.165) is 18.0 Å². The van der Waals surface area contributed by atoms with Gasteiger partial charge in [0.15, 0.2) is 5.17 Å². The molecule has 9 heavy (non-hydrogen) atoms. The zero-order valence-corrected chi connectivity index (χ0v) is 5.59. The topological polar surface area (TPSA) is 73.7 Å². The van der Waals surface area contributed by atoms with Crippen LogP contribution in [0.1, 0.15) is 0 Å². The first-order valence-electron chi connectivity index (χ1n) is 2.21. The number of rotatable bonds is 1. The monoisotopic (exact) mass is 141 g/mol. The van der Waals surface area contributed by atoms with Crippen LogP contribution in [0.3, 0.4) is 0 Å². The van der Waals surface area contributed by atoms with Crippen molar-refractivity contribution in [3.63, 3.8) is 0 Å². The van der Waals surface area contributed by atoms with Crippen LogP contribution in [0.4, 0.5) is 0 Å². The molecule has 0 amide bonds. The molecule has 0 aliphatic carbocycles. The Bertz CT molecular complexity index is 165. The van der Waals surface area contributed by atoms with Crippen molar-refractivity contribution >= 4 is 23.1 Å². The van der Waals surface area contributed by atoms with Gasteiger partial charge in [0.2, 0.25) is 0 Å². The summed E-state index contributed by atoms with van der Waals surface area (Å²) >= 11 is 1.16. The van der Waals surface area contributed by atoms with Crippen molar-refractivity contribution in [3.05, 3.63) is 0 Å². The van der Waals surface area contributed by atoms with Gasteiger partial charge >= 0.3 is 0 Å². The van der Waals surface area contributed by atoms with Gasteiger partial charge in [-0.3, -0.25) is 10.8 Å². The minimum Gasteiger partial charge on any atom is -0.379 e. The summed E-state index contributed by atoms with van der Waals surface area (Å²) in [6.45, 7) is 0. The zero-order valence-electron chi connectivity index (χ0n) is 4.77. The third-order valence-electron chi connectivity index (χ3n) is 0.474. The van der Waals surface area contributed by atoms with Gasteiger partial charge in [0.25, 0.3) is 0 Å². The highest BCUT2D eigenvalue weighted by Crippen LogP contribution is 1.93. The first-order valence-corrected chi connectivity index (χ1v) is 3.20. The normalized spacial score (nSPS) is 7.11. The molecule has 0 atom stereocenters. The number of amidine groups is 1. The average molecular weight is 141 g/mol. The largest absolute Gasteiger partial charge is 0.379 e. The Hall–Kier alpha value is -0.950. The second-order valence-electron chi connectivity index (χ2n) is 1.12. The average Bonchev–Trinajstić information content (AvgIpc) is 1.80. The molecular formula is C5H7N3S. The predicted octanol–water partition coefficient (Wildman–Crippen LogP) is 0.266. The van der Waals surface area contributed by atoms with Crippen LogP contribution in [0.5, 0.6) is 0 Å². The molecule has 0 aliphatic heterocycles. The second-order valence-corrected chi connectivity index (χ2v) is 2.14. The lowest BCUT2D eigenvalue weighted by Crippen LogP contribution is -2.03. The molecule has 4 heteroatoms. The maximum Gasteiger partial charge on any atom is 0.151 e. The van der Waals surface area contributed by atoms with Crippen LogP contribution in [-0.4, -0.2) is 17.1 Å². The maximum absolute atomic E-state index is 6.75. The van der Waals surface area contributed by atoms with E-state index in [4.69, 9.17) is 16.6 Å². The van der Waals surface area contributed by atoms with E-state index in [1.165, 1.54) is 0 Å². The Balaban J connectivity index is 3.29. The molecule has 0 bridgehead atoms. The lowest BCUT2D eigenvalue weighted by atomic mass is 10.6. The lowest BCUT2D eigenvalue weighted by Gasteiger charge is -1.86. The summed E-state index contributed by atoms with van der Waals surface area (Å²) in [5, 5.41) is 13.3. The quantitative estimate of drug-likeness (QED) is 0.278. The number of hydrogen-bond acceptors (Lipinski definition) is 3. The van der Waals surface area contributed by atoms with Crippen molar-refractivity contribution < 1.29 is 0 Å². The smallest absolute Gasteiger partial charge is 0.151 e. The van der Waals surface area contributed by atoms with E-state index in [9.17, 15) is 0 Å². The molecule has 48 valence electrons. The SMILES string of the molecule is N=CC#CCSC(=N)N. The molecule has 0 spiro atoms. The minimum absolute atomic E-state index is 0.0641. The Morgan fingerprint density at radius 2 is 2.44 bits per heavy atom. The van der Waals surface area contributed by atoms with Crippen molar-refractivity contribution in [2.45, 2.75) is 0 Å². The maximum atomic E-state index is 6.75. The van der Waals surface area contributed by atoms with Gasteiger partial charge in [-0.15, -0.1) is 0 Å². The number of thioether (sulfide) groups is 1. The Morgan fingerprint density at radius 3 is 2.89 bits per heavy atom. The van der Waals surface area contributed by atoms with Gasteiger partial charge in [0, 0.05) is 0 Å². The van der Waals surface area contributed by atoms with E-state index in [2.05, 4.69) is 11.8 Å². The third-order valence-corrected chi connectivity index (χ3v) is 1.07. The van der Waals surface area contributed by atoms with Crippen LogP contribution in [0.15, 0.2) is 0 Å². The van der Waals surface area contributed by atoms with Crippen molar-refractivity contribution in [1.29, 1.82) is 10.8 Å². The number of nitrogens with one attached hydrogen (secondary N) is 2. The highest BCUT2D eigenvalue weighted by atomic mass is 32.2. The van der Waals surface area contributed by atoms with E-state index >= 15 is 0 Å². The molecule has 4 N–H and O–H groups in total. The summed E-state index contributed by atoms with van der Waals surface area (Å²) in [7, 11) is 0. The van der Waals surface area contributed by atoms with Crippen LogP contribution in [-0.2, 0) is 0 Å². The molecule has 0 aromatic heterocycles. The Labute approximate surface area is 58.0 Å². The van der Waals surface area contributed by atoms with Crippen LogP contribution >= 0.6 is 11.8 Å². The molecule has 0 heterocycles. The van der Waals surface area contributed by atoms with Gasteiger partial charge in [-0.05, 0) is 0 Å². The molecule has 0 radical (unpaired) electrons. The van der Waals surface area contributed by atoms with Crippen molar-refractivity contribution in [3.8, 4) is 11.8 Å². The van der Waals surface area contributed by atoms with Crippen molar-refractivity contribution in [2.24, 2.45) is 5.73 Å². The highest BCUT2D eigenvalue weighted by Gasteiger charge is 1.82. The first kappa shape index (κ1) is 8.05. The third kappa shape index (κ3) is 7.05. The van der Waals surface area contributed by atoms with E-state index < -0.39 is 0 Å². The lowest BCUT2D eigenvalue weighted by molar-refractivity contribution is 1.50. The van der Waals surface area contributed by atoms with Crippen molar-refractivity contribution in [1.82, 2.24) is 0 Å². The molecule has 0 rings (SSSR count). The molecule has 0 aromatic rings. The van der Waals surface area contributed by atoms with Gasteiger partial charge in [0.05, 0.1) is 12.0 Å². The molecule has 0 saturated heterocycles. The molecule has 0 aromatic carbocycles. The summed E-state index contributed by atoms with van der Waals surface area (Å²) in [6.07, 6.45) is 1.01. The first-order chi connectivity index (χ1) is 4.27. The number of hydrogen-bond donors (Lipinski definition) is 3. The molecule has 0 aliphatic rings. The summed E-state index contributed by atoms with van der Waals surface area (Å²) in [4.78, 5) is 0. The fourth-order valence-electron chi connectivity index (χ4n) is 0.207. The summed E-state index contributed by atoms with van der Waals surface area (Å²) < 4.78 is 0. The van der Waals surface area contributed by atoms with Gasteiger partial charge in [0.1, 0.15) is 0 Å². The van der Waals surface area contributed by atoms with Gasteiger partial charge in [-0.2, -0.15) is 0 Å². The summed E-state index contributed by atoms with van der Waals surface area (Å²) in [6, 6.07) is 0. The molecule has 3 nitrogen and oxygen atoms in total. The second kappa shape index (κ2) is 5.19. The number of nitrogens with two attached hydrogens (primary N) is 1. The van der Waals surface area contributed by atoms with Gasteiger partial charge in [-0.1, -0.05) is 23.6 Å². The fraction of sp³-hybridized carbons (Fsp3) is 0.200. The van der Waals surface area contributed by atoms with E-state index in [-0.39, 0.29) is 5.17 Å². The van der Waals surface area contributed by atoms with Crippen LogP contribution in [0.2, 0.25) is 0 Å². The summed E-state index contributed by atoms with van der Waals surface area (Å²) in [5.41, 5.74) is 5.00. The van der Waals surface area contributed by atoms with Gasteiger partial charge < -0.3 is 5.73 Å². The zero-order chi connectivity index (χ0) is 7.11. The Kier molecular flexibility index (Phi) is 4.64. The van der Waals surface area contributed by atoms with Crippen molar-refractivity contribution in [2.75, 3.05) is 5.75 Å². The summed E-state index contributed by atoms with van der Waals surface area (Å²) in [5.74, 6) is 5.53. The van der Waals surface area contributed by atoms with E-state index in [0.29, 0.717) is 5.75 Å². The van der Waals surface area contributed by atoms with E-state index in [1.807, 2.05) is 0 Å².